The zero-order valence-corrected chi connectivity index (χ0v) is 18.6. The van der Waals surface area contributed by atoms with E-state index >= 15 is 0 Å². The summed E-state index contributed by atoms with van der Waals surface area (Å²) in [5.74, 6) is -1.33. The molecule has 1 heterocycles. The van der Waals surface area contributed by atoms with Crippen molar-refractivity contribution in [1.29, 1.82) is 0 Å². The molecule has 0 spiro atoms. The zero-order valence-electron chi connectivity index (χ0n) is 18.6. The summed E-state index contributed by atoms with van der Waals surface area (Å²) in [6.07, 6.45) is 1.53. The Kier molecular flexibility index (Phi) is 6.29. The monoisotopic (exact) mass is 420 g/mol. The number of anilines is 1. The van der Waals surface area contributed by atoms with Crippen LogP contribution in [0.15, 0.2) is 54.2 Å². The molecule has 0 saturated heterocycles. The lowest BCUT2D eigenvalue weighted by atomic mass is 9.83. The molecule has 1 aliphatic heterocycles. The van der Waals surface area contributed by atoms with Crippen LogP contribution in [0.3, 0.4) is 0 Å². The third kappa shape index (κ3) is 4.68. The highest BCUT2D eigenvalue weighted by Gasteiger charge is 2.38. The molecule has 0 fully saturated rings. The number of carbonyl (C=O) groups is 3. The minimum absolute atomic E-state index is 0.299. The molecule has 0 saturated carbocycles. The second kappa shape index (κ2) is 8.76. The summed E-state index contributed by atoms with van der Waals surface area (Å²) in [6.45, 7) is 7.33. The number of nitrogens with one attached hydrogen (secondary N) is 1. The van der Waals surface area contributed by atoms with Crippen LogP contribution in [-0.2, 0) is 19.7 Å². The number of benzene rings is 2. The fraction of sp³-hybridized carbons (Fsp3) is 0.320. The Balaban J connectivity index is 1.54. The first-order valence-electron chi connectivity index (χ1n) is 10.2. The van der Waals surface area contributed by atoms with Gasteiger partial charge in [0.2, 0.25) is 0 Å². The van der Waals surface area contributed by atoms with Gasteiger partial charge >= 0.3 is 5.97 Å². The average molecular weight is 421 g/mol. The number of hydrogen-bond acceptors (Lipinski definition) is 5. The van der Waals surface area contributed by atoms with Crippen LogP contribution < -0.4 is 10.2 Å². The smallest absolute Gasteiger partial charge is 0.325 e. The van der Waals surface area contributed by atoms with Gasteiger partial charge in [0.05, 0.1) is 0 Å². The van der Waals surface area contributed by atoms with Gasteiger partial charge in [-0.2, -0.15) is 0 Å². The summed E-state index contributed by atoms with van der Waals surface area (Å²) in [5, 5.41) is 2.53. The Bertz CT molecular complexity index is 1070. The molecule has 2 aromatic rings. The Labute approximate surface area is 182 Å². The molecule has 0 aliphatic carbocycles. The molecule has 162 valence electrons. The molecule has 2 aromatic carbocycles. The lowest BCUT2D eigenvalue weighted by molar-refractivity contribution is -0.145. The molecule has 0 radical (unpaired) electrons. The molecule has 1 aliphatic rings. The van der Waals surface area contributed by atoms with E-state index in [1.165, 1.54) is 6.08 Å². The van der Waals surface area contributed by atoms with Crippen molar-refractivity contribution >= 4 is 23.3 Å². The van der Waals surface area contributed by atoms with Crippen LogP contribution in [0.4, 0.5) is 5.69 Å². The van der Waals surface area contributed by atoms with Gasteiger partial charge in [0, 0.05) is 35.5 Å². The van der Waals surface area contributed by atoms with Crippen LogP contribution in [-0.4, -0.2) is 37.9 Å². The van der Waals surface area contributed by atoms with Gasteiger partial charge in [-0.25, -0.2) is 0 Å². The number of allylic oxidation sites excluding steroid dienone is 1. The normalized spacial score (nSPS) is 15.5. The van der Waals surface area contributed by atoms with Crippen molar-refractivity contribution in [3.63, 3.8) is 0 Å². The van der Waals surface area contributed by atoms with Crippen LogP contribution in [0, 0.1) is 13.8 Å². The topological polar surface area (TPSA) is 75.7 Å². The average Bonchev–Trinajstić information content (AvgIpc) is 2.93. The van der Waals surface area contributed by atoms with Crippen molar-refractivity contribution in [2.24, 2.45) is 0 Å². The van der Waals surface area contributed by atoms with Crippen LogP contribution in [0.25, 0.3) is 0 Å². The number of carbonyl (C=O) groups excluding carboxylic acids is 3. The fourth-order valence-electron chi connectivity index (χ4n) is 3.79. The van der Waals surface area contributed by atoms with Crippen LogP contribution in [0.2, 0.25) is 0 Å². The number of fused-ring (bicyclic) bond motifs is 1. The SMILES string of the molecule is Cc1ccc(C(=O)NCC(=O)OCC(=O)/C=C2\N(C)c3ccccc3C2(C)C)cc1C. The van der Waals surface area contributed by atoms with E-state index in [0.717, 1.165) is 28.1 Å². The quantitative estimate of drug-likeness (QED) is 0.572. The first-order chi connectivity index (χ1) is 14.6. The van der Waals surface area contributed by atoms with Crippen molar-refractivity contribution in [3.05, 3.63) is 76.5 Å². The summed E-state index contributed by atoms with van der Waals surface area (Å²) in [6, 6.07) is 13.3. The minimum Gasteiger partial charge on any atom is -0.456 e. The van der Waals surface area contributed by atoms with Gasteiger partial charge in [0.25, 0.3) is 5.91 Å². The van der Waals surface area contributed by atoms with Gasteiger partial charge in [-0.15, -0.1) is 0 Å². The number of rotatable bonds is 6. The number of para-hydroxylation sites is 1. The minimum atomic E-state index is -0.661. The summed E-state index contributed by atoms with van der Waals surface area (Å²) < 4.78 is 5.06. The number of nitrogens with zero attached hydrogens (tertiary/aromatic N) is 1. The molecule has 31 heavy (non-hydrogen) atoms. The molecule has 6 heteroatoms. The van der Waals surface area contributed by atoms with Gasteiger partial charge in [-0.1, -0.05) is 38.1 Å². The predicted molar refractivity (Wildman–Crippen MR) is 120 cm³/mol. The molecule has 0 aromatic heterocycles. The first kappa shape index (κ1) is 22.3. The molecule has 3 rings (SSSR count). The van der Waals surface area contributed by atoms with E-state index in [4.69, 9.17) is 4.74 Å². The third-order valence-electron chi connectivity index (χ3n) is 5.78. The number of amides is 1. The van der Waals surface area contributed by atoms with E-state index in [-0.39, 0.29) is 30.3 Å². The Morgan fingerprint density at radius 2 is 1.77 bits per heavy atom. The zero-order chi connectivity index (χ0) is 22.8. The largest absolute Gasteiger partial charge is 0.456 e. The molecule has 1 N–H and O–H groups in total. The van der Waals surface area contributed by atoms with Gasteiger partial charge in [0.15, 0.2) is 12.4 Å². The van der Waals surface area contributed by atoms with E-state index in [0.29, 0.717) is 5.56 Å². The third-order valence-corrected chi connectivity index (χ3v) is 5.78. The molecular weight excluding hydrogens is 392 g/mol. The Hall–Kier alpha value is -3.41. The van der Waals surface area contributed by atoms with Gasteiger partial charge in [-0.3, -0.25) is 14.4 Å². The second-order valence-electron chi connectivity index (χ2n) is 8.34. The van der Waals surface area contributed by atoms with Crippen molar-refractivity contribution in [1.82, 2.24) is 5.32 Å². The summed E-state index contributed by atoms with van der Waals surface area (Å²) in [7, 11) is 1.92. The molecule has 0 bridgehead atoms. The van der Waals surface area contributed by atoms with E-state index in [1.54, 1.807) is 12.1 Å². The maximum atomic E-state index is 12.4. The molecule has 0 unspecified atom stereocenters. The number of likely N-dealkylation sites (N-methyl/N-ethyl adjacent to an activating group) is 1. The first-order valence-corrected chi connectivity index (χ1v) is 10.2. The maximum Gasteiger partial charge on any atom is 0.325 e. The molecular formula is C25H28N2O4. The van der Waals surface area contributed by atoms with Crippen molar-refractivity contribution in [2.75, 3.05) is 25.1 Å². The van der Waals surface area contributed by atoms with Crippen LogP contribution in [0.1, 0.15) is 40.9 Å². The van der Waals surface area contributed by atoms with Crippen molar-refractivity contribution in [3.8, 4) is 0 Å². The van der Waals surface area contributed by atoms with Gasteiger partial charge in [-0.05, 0) is 48.7 Å². The lowest BCUT2D eigenvalue weighted by Gasteiger charge is -2.23. The number of hydrogen-bond donors (Lipinski definition) is 1. The van der Waals surface area contributed by atoms with Crippen LogP contribution >= 0.6 is 0 Å². The van der Waals surface area contributed by atoms with E-state index in [1.807, 2.05) is 50.1 Å². The van der Waals surface area contributed by atoms with Gasteiger partial charge < -0.3 is 15.0 Å². The Morgan fingerprint density at radius 3 is 2.45 bits per heavy atom. The number of esters is 1. The van der Waals surface area contributed by atoms with E-state index in [2.05, 4.69) is 25.2 Å². The molecule has 1 amide bonds. The fourth-order valence-corrected chi connectivity index (χ4v) is 3.79. The van der Waals surface area contributed by atoms with Crippen molar-refractivity contribution < 1.29 is 19.1 Å². The maximum absolute atomic E-state index is 12.4. The highest BCUT2D eigenvalue weighted by Crippen LogP contribution is 2.46. The van der Waals surface area contributed by atoms with Crippen molar-refractivity contribution in [2.45, 2.75) is 33.1 Å². The predicted octanol–water partition coefficient (Wildman–Crippen LogP) is 3.46. The number of ketones is 1. The highest BCUT2D eigenvalue weighted by atomic mass is 16.5. The van der Waals surface area contributed by atoms with E-state index in [9.17, 15) is 14.4 Å². The summed E-state index contributed by atoms with van der Waals surface area (Å²) in [4.78, 5) is 38.6. The van der Waals surface area contributed by atoms with Crippen LogP contribution in [0.5, 0.6) is 0 Å². The Morgan fingerprint density at radius 1 is 1.06 bits per heavy atom. The molecule has 6 nitrogen and oxygen atoms in total. The number of aryl methyl sites for hydroxylation is 2. The summed E-state index contributed by atoms with van der Waals surface area (Å²) >= 11 is 0. The molecule has 0 atom stereocenters. The number of ether oxygens (including phenoxy) is 1. The second-order valence-corrected chi connectivity index (χ2v) is 8.34. The lowest BCUT2D eigenvalue weighted by Crippen LogP contribution is -2.31. The standard InChI is InChI=1S/C25H28N2O4/c1-16-10-11-18(12-17(16)2)24(30)26-14-23(29)31-15-19(28)13-22-25(3,4)20-8-6-7-9-21(20)27(22)5/h6-13H,14-15H2,1-5H3,(H,26,30)/b22-13-. The highest BCUT2D eigenvalue weighted by molar-refractivity contribution is 5.97. The van der Waals surface area contributed by atoms with E-state index < -0.39 is 5.97 Å². The van der Waals surface area contributed by atoms with Gasteiger partial charge in [0.1, 0.15) is 6.54 Å². The summed E-state index contributed by atoms with van der Waals surface area (Å²) in [5.41, 5.74) is 5.27.